The summed E-state index contributed by atoms with van der Waals surface area (Å²) in [5.74, 6) is -0.527. The number of aromatic nitrogens is 2. The number of carboxylic acid groups (broad SMARTS) is 1. The zero-order valence-corrected chi connectivity index (χ0v) is 16.1. The molecule has 3 rings (SSSR count). The summed E-state index contributed by atoms with van der Waals surface area (Å²) >= 11 is 0. The van der Waals surface area contributed by atoms with Crippen molar-refractivity contribution in [3.8, 4) is 11.5 Å². The van der Waals surface area contributed by atoms with Crippen molar-refractivity contribution in [1.82, 2.24) is 19.4 Å². The maximum Gasteiger partial charge on any atom is 0.303 e. The first-order valence-corrected chi connectivity index (χ1v) is 10.2. The van der Waals surface area contributed by atoms with Crippen molar-refractivity contribution in [2.24, 2.45) is 5.92 Å². The molecule has 2 aromatic rings. The predicted octanol–water partition coefficient (Wildman–Crippen LogP) is 1.48. The number of carbonyl (C=O) groups is 1. The standard InChI is InChI=1S/C17H24N4O5S/c1-20(2)14-8-10-21(11-12(14)3-5-16(22)23)27(24,25)17-6-4-15(26-17)13-7-9-18-19-13/h4,6-7,9,12,14H,3,5,8,10-11H2,1-2H3,(H,18,19)(H,22,23)/t12-,14+/m1/s1. The van der Waals surface area contributed by atoms with E-state index in [-0.39, 0.29) is 30.0 Å². The van der Waals surface area contributed by atoms with E-state index in [1.165, 1.54) is 10.4 Å². The van der Waals surface area contributed by atoms with Crippen LogP contribution in [0.25, 0.3) is 11.5 Å². The first-order valence-electron chi connectivity index (χ1n) is 8.77. The van der Waals surface area contributed by atoms with E-state index in [0.29, 0.717) is 30.8 Å². The molecule has 0 amide bonds. The first kappa shape index (κ1) is 19.6. The number of furan rings is 1. The van der Waals surface area contributed by atoms with Crippen LogP contribution >= 0.6 is 0 Å². The maximum absolute atomic E-state index is 13.0. The van der Waals surface area contributed by atoms with Crippen LogP contribution in [0.2, 0.25) is 0 Å². The predicted molar refractivity (Wildman–Crippen MR) is 97.5 cm³/mol. The summed E-state index contributed by atoms with van der Waals surface area (Å²) in [4.78, 5) is 13.0. The number of hydrogen-bond acceptors (Lipinski definition) is 6. The Kier molecular flexibility index (Phi) is 5.68. The summed E-state index contributed by atoms with van der Waals surface area (Å²) in [6.45, 7) is 0.646. The van der Waals surface area contributed by atoms with Gasteiger partial charge in [0.15, 0.2) is 5.76 Å². The summed E-state index contributed by atoms with van der Waals surface area (Å²) < 4.78 is 33.0. The lowest BCUT2D eigenvalue weighted by Crippen LogP contribution is -2.50. The van der Waals surface area contributed by atoms with Gasteiger partial charge in [0.2, 0.25) is 5.09 Å². The van der Waals surface area contributed by atoms with Gasteiger partial charge in [0.05, 0.1) is 0 Å². The number of sulfonamides is 1. The highest BCUT2D eigenvalue weighted by Crippen LogP contribution is 2.31. The molecule has 0 saturated carbocycles. The molecule has 1 fully saturated rings. The van der Waals surface area contributed by atoms with Gasteiger partial charge >= 0.3 is 5.97 Å². The maximum atomic E-state index is 13.0. The van der Waals surface area contributed by atoms with Crippen LogP contribution < -0.4 is 0 Å². The third-order valence-corrected chi connectivity index (χ3v) is 6.73. The fourth-order valence-corrected chi connectivity index (χ4v) is 5.02. The van der Waals surface area contributed by atoms with Crippen LogP contribution in [0.3, 0.4) is 0 Å². The molecule has 27 heavy (non-hydrogen) atoms. The van der Waals surface area contributed by atoms with Gasteiger partial charge in [-0.15, -0.1) is 0 Å². The van der Waals surface area contributed by atoms with Gasteiger partial charge in [-0.2, -0.15) is 9.40 Å². The van der Waals surface area contributed by atoms with Crippen LogP contribution in [0, 0.1) is 5.92 Å². The Morgan fingerprint density at radius 2 is 2.19 bits per heavy atom. The molecule has 148 valence electrons. The van der Waals surface area contributed by atoms with E-state index in [9.17, 15) is 13.2 Å². The summed E-state index contributed by atoms with van der Waals surface area (Å²) in [5, 5.41) is 15.4. The lowest BCUT2D eigenvalue weighted by molar-refractivity contribution is -0.137. The molecule has 2 N–H and O–H groups in total. The fourth-order valence-electron chi connectivity index (χ4n) is 3.60. The van der Waals surface area contributed by atoms with Crippen LogP contribution in [0.1, 0.15) is 19.3 Å². The van der Waals surface area contributed by atoms with Crippen molar-refractivity contribution in [2.75, 3.05) is 27.2 Å². The average molecular weight is 396 g/mol. The Morgan fingerprint density at radius 3 is 2.81 bits per heavy atom. The third kappa shape index (κ3) is 4.23. The topological polar surface area (TPSA) is 120 Å². The van der Waals surface area contributed by atoms with Gasteiger partial charge in [-0.05, 0) is 51.1 Å². The molecule has 0 radical (unpaired) electrons. The summed E-state index contributed by atoms with van der Waals surface area (Å²) in [5.41, 5.74) is 0.599. The number of H-pyrrole nitrogens is 1. The number of nitrogens with zero attached hydrogens (tertiary/aromatic N) is 3. The second-order valence-electron chi connectivity index (χ2n) is 6.96. The summed E-state index contributed by atoms with van der Waals surface area (Å²) in [7, 11) is 0.0862. The zero-order chi connectivity index (χ0) is 19.6. The Morgan fingerprint density at radius 1 is 1.41 bits per heavy atom. The van der Waals surface area contributed by atoms with Crippen molar-refractivity contribution in [2.45, 2.75) is 30.4 Å². The van der Waals surface area contributed by atoms with Gasteiger partial charge in [0.25, 0.3) is 10.0 Å². The summed E-state index contributed by atoms with van der Waals surface area (Å²) in [6, 6.07) is 4.87. The van der Waals surface area contributed by atoms with Gasteiger partial charge in [0, 0.05) is 31.7 Å². The molecule has 2 atom stereocenters. The lowest BCUT2D eigenvalue weighted by Gasteiger charge is -2.40. The number of hydrogen-bond donors (Lipinski definition) is 2. The van der Waals surface area contributed by atoms with Gasteiger partial charge in [0.1, 0.15) is 5.69 Å². The zero-order valence-electron chi connectivity index (χ0n) is 15.3. The highest BCUT2D eigenvalue weighted by molar-refractivity contribution is 7.89. The van der Waals surface area contributed by atoms with E-state index in [1.807, 2.05) is 19.0 Å². The molecule has 0 bridgehead atoms. The largest absolute Gasteiger partial charge is 0.481 e. The molecule has 1 aliphatic rings. The van der Waals surface area contributed by atoms with Crippen molar-refractivity contribution in [1.29, 1.82) is 0 Å². The van der Waals surface area contributed by atoms with E-state index in [4.69, 9.17) is 9.52 Å². The Hall–Kier alpha value is -2.17. The van der Waals surface area contributed by atoms with E-state index in [1.54, 1.807) is 18.3 Å². The highest BCUT2D eigenvalue weighted by atomic mass is 32.2. The Balaban J connectivity index is 1.79. The minimum atomic E-state index is -3.79. The quantitative estimate of drug-likeness (QED) is 0.727. The normalized spacial score (nSPS) is 21.6. The SMILES string of the molecule is CN(C)[C@H]1CCN(S(=O)(=O)c2ccc(-c3ccn[nH]3)o2)C[C@H]1CCC(=O)O. The molecule has 1 aliphatic heterocycles. The monoisotopic (exact) mass is 396 g/mol. The van der Waals surface area contributed by atoms with Crippen LogP contribution in [0.5, 0.6) is 0 Å². The minimum absolute atomic E-state index is 0.0214. The van der Waals surface area contributed by atoms with Crippen LogP contribution in [-0.4, -0.2) is 72.1 Å². The molecule has 0 aromatic carbocycles. The average Bonchev–Trinajstić information content (AvgIpc) is 3.30. The highest BCUT2D eigenvalue weighted by Gasteiger charge is 2.37. The molecule has 1 saturated heterocycles. The van der Waals surface area contributed by atoms with E-state index < -0.39 is 16.0 Å². The van der Waals surface area contributed by atoms with Crippen molar-refractivity contribution in [3.05, 3.63) is 24.4 Å². The van der Waals surface area contributed by atoms with Gasteiger partial charge in [-0.3, -0.25) is 9.89 Å². The number of nitrogens with one attached hydrogen (secondary N) is 1. The molecular formula is C17H24N4O5S. The Bertz CT molecular complexity index is 875. The van der Waals surface area contributed by atoms with Crippen LogP contribution in [-0.2, 0) is 14.8 Å². The summed E-state index contributed by atoms with van der Waals surface area (Å²) in [6.07, 6.45) is 2.66. The Labute approximate surface area is 158 Å². The molecular weight excluding hydrogens is 372 g/mol. The molecule has 9 nitrogen and oxygen atoms in total. The number of piperidine rings is 1. The van der Waals surface area contributed by atoms with E-state index in [2.05, 4.69) is 10.2 Å². The number of aliphatic carboxylic acids is 1. The van der Waals surface area contributed by atoms with Crippen molar-refractivity contribution >= 4 is 16.0 Å². The fraction of sp³-hybridized carbons (Fsp3) is 0.529. The number of rotatable bonds is 7. The molecule has 0 unspecified atom stereocenters. The lowest BCUT2D eigenvalue weighted by atomic mass is 9.88. The third-order valence-electron chi connectivity index (χ3n) is 4.99. The smallest absolute Gasteiger partial charge is 0.303 e. The molecule has 0 aliphatic carbocycles. The molecule has 0 spiro atoms. The molecule has 10 heteroatoms. The molecule has 2 aromatic heterocycles. The van der Waals surface area contributed by atoms with Crippen LogP contribution in [0.4, 0.5) is 0 Å². The number of aromatic amines is 1. The number of carboxylic acids is 1. The molecule has 3 heterocycles. The van der Waals surface area contributed by atoms with Crippen molar-refractivity contribution in [3.63, 3.8) is 0 Å². The van der Waals surface area contributed by atoms with Gasteiger partial charge in [-0.25, -0.2) is 8.42 Å². The van der Waals surface area contributed by atoms with Crippen molar-refractivity contribution < 1.29 is 22.7 Å². The second kappa shape index (κ2) is 7.83. The van der Waals surface area contributed by atoms with Gasteiger partial charge in [-0.1, -0.05) is 0 Å². The van der Waals surface area contributed by atoms with Gasteiger partial charge < -0.3 is 14.4 Å². The van der Waals surface area contributed by atoms with E-state index in [0.717, 1.165) is 0 Å². The second-order valence-corrected chi connectivity index (χ2v) is 8.83. The first-order chi connectivity index (χ1) is 12.8. The minimum Gasteiger partial charge on any atom is -0.481 e. The van der Waals surface area contributed by atoms with E-state index >= 15 is 0 Å². The van der Waals surface area contributed by atoms with Crippen LogP contribution in [0.15, 0.2) is 33.9 Å².